The molecular weight excluding hydrogens is 172 g/mol. The highest BCUT2D eigenvalue weighted by molar-refractivity contribution is 5.35. The normalized spacial score (nSPS) is 31.6. The zero-order chi connectivity index (χ0) is 10.2. The SMILES string of the molecule is CC1=CC[C@@](C)(O)[C@@H]1c1ccccc1. The summed E-state index contributed by atoms with van der Waals surface area (Å²) in [6.07, 6.45) is 2.90. The van der Waals surface area contributed by atoms with E-state index < -0.39 is 5.60 Å². The average Bonchev–Trinajstić information content (AvgIpc) is 2.42. The molecule has 0 radical (unpaired) electrons. The summed E-state index contributed by atoms with van der Waals surface area (Å²) in [7, 11) is 0. The van der Waals surface area contributed by atoms with Crippen LogP contribution in [0.4, 0.5) is 0 Å². The Morgan fingerprint density at radius 3 is 2.43 bits per heavy atom. The molecule has 1 aliphatic rings. The average molecular weight is 188 g/mol. The minimum absolute atomic E-state index is 0.170. The molecule has 0 saturated heterocycles. The van der Waals surface area contributed by atoms with Crippen molar-refractivity contribution in [3.63, 3.8) is 0 Å². The van der Waals surface area contributed by atoms with Gasteiger partial charge in [-0.1, -0.05) is 42.0 Å². The summed E-state index contributed by atoms with van der Waals surface area (Å²) in [6, 6.07) is 10.2. The molecule has 0 unspecified atom stereocenters. The first kappa shape index (κ1) is 9.47. The number of rotatable bonds is 1. The fraction of sp³-hybridized carbons (Fsp3) is 0.385. The Hall–Kier alpha value is -1.08. The van der Waals surface area contributed by atoms with E-state index in [-0.39, 0.29) is 5.92 Å². The van der Waals surface area contributed by atoms with Crippen molar-refractivity contribution in [2.75, 3.05) is 0 Å². The van der Waals surface area contributed by atoms with Crippen molar-refractivity contribution in [3.05, 3.63) is 47.5 Å². The fourth-order valence-electron chi connectivity index (χ4n) is 2.36. The monoisotopic (exact) mass is 188 g/mol. The largest absolute Gasteiger partial charge is 0.389 e. The van der Waals surface area contributed by atoms with Gasteiger partial charge in [-0.2, -0.15) is 0 Å². The molecule has 1 aliphatic carbocycles. The van der Waals surface area contributed by atoms with Gasteiger partial charge in [0.1, 0.15) is 0 Å². The van der Waals surface area contributed by atoms with E-state index in [4.69, 9.17) is 0 Å². The molecule has 0 fully saturated rings. The molecule has 74 valence electrons. The van der Waals surface area contributed by atoms with Gasteiger partial charge in [0.2, 0.25) is 0 Å². The lowest BCUT2D eigenvalue weighted by molar-refractivity contribution is 0.0547. The van der Waals surface area contributed by atoms with Crippen LogP contribution < -0.4 is 0 Å². The van der Waals surface area contributed by atoms with Crippen LogP contribution in [0.5, 0.6) is 0 Å². The van der Waals surface area contributed by atoms with Crippen LogP contribution in [0.2, 0.25) is 0 Å². The predicted molar refractivity (Wildman–Crippen MR) is 58.2 cm³/mol. The summed E-state index contributed by atoms with van der Waals surface area (Å²) in [5.74, 6) is 0.170. The minimum Gasteiger partial charge on any atom is -0.389 e. The van der Waals surface area contributed by atoms with E-state index in [2.05, 4.69) is 25.1 Å². The molecule has 1 nitrogen and oxygen atoms in total. The van der Waals surface area contributed by atoms with Gasteiger partial charge in [-0.15, -0.1) is 0 Å². The Kier molecular flexibility index (Phi) is 2.20. The van der Waals surface area contributed by atoms with Crippen LogP contribution in [-0.2, 0) is 0 Å². The molecule has 0 heterocycles. The molecule has 0 spiro atoms. The van der Waals surface area contributed by atoms with E-state index in [1.54, 1.807) is 0 Å². The molecule has 14 heavy (non-hydrogen) atoms. The van der Waals surface area contributed by atoms with Crippen molar-refractivity contribution >= 4 is 0 Å². The van der Waals surface area contributed by atoms with Gasteiger partial charge in [-0.25, -0.2) is 0 Å². The van der Waals surface area contributed by atoms with Gasteiger partial charge in [0.25, 0.3) is 0 Å². The Morgan fingerprint density at radius 1 is 1.29 bits per heavy atom. The fourth-order valence-corrected chi connectivity index (χ4v) is 2.36. The number of hydrogen-bond acceptors (Lipinski definition) is 1. The first-order valence-corrected chi connectivity index (χ1v) is 5.05. The summed E-state index contributed by atoms with van der Waals surface area (Å²) in [5.41, 5.74) is 1.88. The smallest absolute Gasteiger partial charge is 0.0759 e. The van der Waals surface area contributed by atoms with E-state index in [1.165, 1.54) is 11.1 Å². The van der Waals surface area contributed by atoms with Crippen LogP contribution in [-0.4, -0.2) is 10.7 Å². The van der Waals surface area contributed by atoms with Crippen molar-refractivity contribution in [1.82, 2.24) is 0 Å². The molecule has 0 saturated carbocycles. The predicted octanol–water partition coefficient (Wildman–Crippen LogP) is 2.87. The lowest BCUT2D eigenvalue weighted by Gasteiger charge is -2.27. The maximum atomic E-state index is 10.2. The highest BCUT2D eigenvalue weighted by atomic mass is 16.3. The molecule has 0 aromatic heterocycles. The molecular formula is C13H16O. The number of aliphatic hydroxyl groups is 1. The zero-order valence-electron chi connectivity index (χ0n) is 8.70. The second-order valence-electron chi connectivity index (χ2n) is 4.35. The van der Waals surface area contributed by atoms with Gasteiger partial charge in [0.05, 0.1) is 5.60 Å². The summed E-state index contributed by atoms with van der Waals surface area (Å²) in [6.45, 7) is 4.01. The Morgan fingerprint density at radius 2 is 1.93 bits per heavy atom. The number of hydrogen-bond donors (Lipinski definition) is 1. The van der Waals surface area contributed by atoms with Gasteiger partial charge < -0.3 is 5.11 Å². The summed E-state index contributed by atoms with van der Waals surface area (Å²) in [4.78, 5) is 0. The van der Waals surface area contributed by atoms with Gasteiger partial charge >= 0.3 is 0 Å². The van der Waals surface area contributed by atoms with E-state index in [9.17, 15) is 5.11 Å². The number of benzene rings is 1. The third kappa shape index (κ3) is 1.48. The van der Waals surface area contributed by atoms with Gasteiger partial charge in [-0.05, 0) is 25.8 Å². The third-order valence-electron chi connectivity index (χ3n) is 3.05. The molecule has 1 aromatic rings. The van der Waals surface area contributed by atoms with Crippen LogP contribution in [0.15, 0.2) is 42.0 Å². The molecule has 0 bridgehead atoms. The van der Waals surface area contributed by atoms with Crippen molar-refractivity contribution in [3.8, 4) is 0 Å². The molecule has 0 amide bonds. The van der Waals surface area contributed by atoms with Crippen LogP contribution in [0, 0.1) is 0 Å². The van der Waals surface area contributed by atoms with E-state index in [0.29, 0.717) is 0 Å². The maximum Gasteiger partial charge on any atom is 0.0759 e. The van der Waals surface area contributed by atoms with Gasteiger partial charge in [0, 0.05) is 5.92 Å². The third-order valence-corrected chi connectivity index (χ3v) is 3.05. The molecule has 2 atom stereocenters. The van der Waals surface area contributed by atoms with Gasteiger partial charge in [0.15, 0.2) is 0 Å². The zero-order valence-corrected chi connectivity index (χ0v) is 8.70. The highest BCUT2D eigenvalue weighted by Gasteiger charge is 2.37. The molecule has 1 N–H and O–H groups in total. The van der Waals surface area contributed by atoms with Crippen LogP contribution in [0.3, 0.4) is 0 Å². The van der Waals surface area contributed by atoms with E-state index in [1.807, 2.05) is 25.1 Å². The lowest BCUT2D eigenvalue weighted by Crippen LogP contribution is -2.28. The van der Waals surface area contributed by atoms with Crippen molar-refractivity contribution < 1.29 is 5.11 Å². The molecule has 1 aromatic carbocycles. The van der Waals surface area contributed by atoms with E-state index >= 15 is 0 Å². The summed E-state index contributed by atoms with van der Waals surface area (Å²) < 4.78 is 0. The molecule has 2 rings (SSSR count). The Balaban J connectivity index is 2.39. The van der Waals surface area contributed by atoms with Crippen molar-refractivity contribution in [2.45, 2.75) is 31.8 Å². The van der Waals surface area contributed by atoms with Crippen molar-refractivity contribution in [2.24, 2.45) is 0 Å². The maximum absolute atomic E-state index is 10.2. The van der Waals surface area contributed by atoms with Crippen LogP contribution >= 0.6 is 0 Å². The van der Waals surface area contributed by atoms with E-state index in [0.717, 1.165) is 6.42 Å². The standard InChI is InChI=1S/C13H16O/c1-10-8-9-13(2,14)12(10)11-6-4-3-5-7-11/h3-8,12,14H,9H2,1-2H3/t12-,13+/m0/s1. The topological polar surface area (TPSA) is 20.2 Å². The second kappa shape index (κ2) is 3.25. The first-order valence-electron chi connectivity index (χ1n) is 5.05. The Bertz CT molecular complexity index is 349. The summed E-state index contributed by atoms with van der Waals surface area (Å²) in [5, 5.41) is 10.2. The second-order valence-corrected chi connectivity index (χ2v) is 4.35. The lowest BCUT2D eigenvalue weighted by atomic mass is 9.83. The first-order chi connectivity index (χ1) is 6.61. The van der Waals surface area contributed by atoms with Crippen LogP contribution in [0.25, 0.3) is 0 Å². The van der Waals surface area contributed by atoms with Crippen LogP contribution in [0.1, 0.15) is 31.7 Å². The molecule has 1 heteroatoms. The minimum atomic E-state index is -0.606. The Labute approximate surface area is 85.1 Å². The van der Waals surface area contributed by atoms with Gasteiger partial charge in [-0.3, -0.25) is 0 Å². The van der Waals surface area contributed by atoms with Crippen molar-refractivity contribution in [1.29, 1.82) is 0 Å². The highest BCUT2D eigenvalue weighted by Crippen LogP contribution is 2.42. The quantitative estimate of drug-likeness (QED) is 0.672. The summed E-state index contributed by atoms with van der Waals surface area (Å²) >= 11 is 0. The molecule has 0 aliphatic heterocycles.